The molecule has 2 atom stereocenters. The second kappa shape index (κ2) is 5.88. The summed E-state index contributed by atoms with van der Waals surface area (Å²) in [7, 11) is -3.94. The van der Waals surface area contributed by atoms with Crippen molar-refractivity contribution in [3.8, 4) is 0 Å². The lowest BCUT2D eigenvalue weighted by Crippen LogP contribution is -2.56. The molecule has 2 unspecified atom stereocenters. The zero-order valence-corrected chi connectivity index (χ0v) is 13.2. The van der Waals surface area contributed by atoms with Crippen LogP contribution < -0.4 is 5.32 Å². The zero-order chi connectivity index (χ0) is 15.8. The van der Waals surface area contributed by atoms with Crippen molar-refractivity contribution in [3.63, 3.8) is 0 Å². The van der Waals surface area contributed by atoms with E-state index in [4.69, 9.17) is 11.6 Å². The van der Waals surface area contributed by atoms with Crippen LogP contribution in [0, 0.1) is 10.1 Å². The molecule has 1 heterocycles. The smallest absolute Gasteiger partial charge is 0.290 e. The standard InChI is InChI=1S/C12H16ClN3O4S/c1-8-7-15(9(2)6-14-8)21(19,20)12-4-3-10(13)5-11(12)16(17)18/h3-5,8-9,14H,6-7H2,1-2H3. The number of hydrogen-bond donors (Lipinski definition) is 1. The van der Waals surface area contributed by atoms with Gasteiger partial charge in [-0.25, -0.2) is 8.42 Å². The van der Waals surface area contributed by atoms with Crippen molar-refractivity contribution < 1.29 is 13.3 Å². The lowest BCUT2D eigenvalue weighted by Gasteiger charge is -2.36. The Bertz CT molecular complexity index is 664. The summed E-state index contributed by atoms with van der Waals surface area (Å²) in [6.07, 6.45) is 0. The summed E-state index contributed by atoms with van der Waals surface area (Å²) in [5.74, 6) is 0. The first-order chi connectivity index (χ1) is 9.73. The summed E-state index contributed by atoms with van der Waals surface area (Å²) in [4.78, 5) is 10.1. The minimum absolute atomic E-state index is 0.0117. The monoisotopic (exact) mass is 333 g/mol. The van der Waals surface area contributed by atoms with Gasteiger partial charge in [-0.15, -0.1) is 0 Å². The summed E-state index contributed by atoms with van der Waals surface area (Å²) in [5.41, 5.74) is -0.499. The molecular weight excluding hydrogens is 318 g/mol. The molecule has 0 bridgehead atoms. The Morgan fingerprint density at radius 2 is 2.10 bits per heavy atom. The third-order valence-corrected chi connectivity index (χ3v) is 5.67. The van der Waals surface area contributed by atoms with E-state index in [1.165, 1.54) is 16.4 Å². The first-order valence-electron chi connectivity index (χ1n) is 6.42. The molecule has 0 amide bonds. The van der Waals surface area contributed by atoms with Gasteiger partial charge in [0.05, 0.1) is 4.92 Å². The van der Waals surface area contributed by atoms with Crippen molar-refractivity contribution >= 4 is 27.3 Å². The molecule has 1 aliphatic heterocycles. The van der Waals surface area contributed by atoms with E-state index in [-0.39, 0.29) is 28.5 Å². The molecule has 0 radical (unpaired) electrons. The van der Waals surface area contributed by atoms with Gasteiger partial charge in [0.2, 0.25) is 10.0 Å². The average molecular weight is 334 g/mol. The van der Waals surface area contributed by atoms with E-state index in [9.17, 15) is 18.5 Å². The van der Waals surface area contributed by atoms with Crippen LogP contribution in [0.5, 0.6) is 0 Å². The summed E-state index contributed by atoms with van der Waals surface area (Å²) < 4.78 is 26.8. The molecule has 7 nitrogen and oxygen atoms in total. The van der Waals surface area contributed by atoms with Crippen LogP contribution in [0.3, 0.4) is 0 Å². The molecule has 1 aromatic carbocycles. The third-order valence-electron chi connectivity index (χ3n) is 3.41. The van der Waals surface area contributed by atoms with E-state index < -0.39 is 20.6 Å². The number of nitrogens with one attached hydrogen (secondary N) is 1. The van der Waals surface area contributed by atoms with Crippen molar-refractivity contribution in [1.29, 1.82) is 0 Å². The van der Waals surface area contributed by atoms with Gasteiger partial charge in [0.15, 0.2) is 4.90 Å². The second-order valence-electron chi connectivity index (χ2n) is 5.10. The molecule has 1 aromatic rings. The number of hydrogen-bond acceptors (Lipinski definition) is 5. The van der Waals surface area contributed by atoms with Crippen LogP contribution in [0.4, 0.5) is 5.69 Å². The Morgan fingerprint density at radius 1 is 1.43 bits per heavy atom. The quantitative estimate of drug-likeness (QED) is 0.670. The number of nitro benzene ring substituents is 1. The second-order valence-corrected chi connectivity index (χ2v) is 7.40. The highest BCUT2D eigenvalue weighted by atomic mass is 35.5. The Morgan fingerprint density at radius 3 is 2.71 bits per heavy atom. The van der Waals surface area contributed by atoms with Crippen LogP contribution in [0.25, 0.3) is 0 Å². The fourth-order valence-electron chi connectivity index (χ4n) is 2.30. The SMILES string of the molecule is CC1CN(S(=O)(=O)c2ccc(Cl)cc2[N+](=O)[O-])C(C)CN1. The van der Waals surface area contributed by atoms with Crippen LogP contribution in [0.15, 0.2) is 23.1 Å². The van der Waals surface area contributed by atoms with Crippen molar-refractivity contribution in [1.82, 2.24) is 9.62 Å². The van der Waals surface area contributed by atoms with Crippen molar-refractivity contribution in [3.05, 3.63) is 33.3 Å². The maximum absolute atomic E-state index is 12.7. The fourth-order valence-corrected chi connectivity index (χ4v) is 4.33. The highest BCUT2D eigenvalue weighted by molar-refractivity contribution is 7.89. The van der Waals surface area contributed by atoms with Crippen molar-refractivity contribution in [2.75, 3.05) is 13.1 Å². The summed E-state index contributed by atoms with van der Waals surface area (Å²) in [6, 6.07) is 3.31. The molecular formula is C12H16ClN3O4S. The Labute approximate surface area is 128 Å². The molecule has 0 spiro atoms. The molecule has 2 rings (SSSR count). The lowest BCUT2D eigenvalue weighted by atomic mass is 10.2. The highest BCUT2D eigenvalue weighted by Gasteiger charge is 2.37. The highest BCUT2D eigenvalue weighted by Crippen LogP contribution is 2.31. The van der Waals surface area contributed by atoms with E-state index >= 15 is 0 Å². The van der Waals surface area contributed by atoms with Gasteiger partial charge in [0.1, 0.15) is 0 Å². The Kier molecular flexibility index (Phi) is 4.52. The number of nitro groups is 1. The van der Waals surface area contributed by atoms with Crippen LogP contribution >= 0.6 is 11.6 Å². The number of sulfonamides is 1. The van der Waals surface area contributed by atoms with Gasteiger partial charge in [-0.05, 0) is 26.0 Å². The maximum Gasteiger partial charge on any atom is 0.290 e. The van der Waals surface area contributed by atoms with E-state index in [0.29, 0.717) is 6.54 Å². The van der Waals surface area contributed by atoms with Gasteiger partial charge in [0.25, 0.3) is 5.69 Å². The van der Waals surface area contributed by atoms with E-state index in [1.54, 1.807) is 6.92 Å². The summed E-state index contributed by atoms with van der Waals surface area (Å²) in [6.45, 7) is 4.40. The first kappa shape index (κ1) is 16.2. The first-order valence-corrected chi connectivity index (χ1v) is 8.24. The molecule has 0 saturated carbocycles. The van der Waals surface area contributed by atoms with Crippen LogP contribution in [0.1, 0.15) is 13.8 Å². The molecule has 1 N–H and O–H groups in total. The fraction of sp³-hybridized carbons (Fsp3) is 0.500. The molecule has 1 saturated heterocycles. The summed E-state index contributed by atoms with van der Waals surface area (Å²) in [5, 5.41) is 14.4. The topological polar surface area (TPSA) is 92.5 Å². The minimum Gasteiger partial charge on any atom is -0.311 e. The van der Waals surface area contributed by atoms with Crippen molar-refractivity contribution in [2.45, 2.75) is 30.8 Å². The minimum atomic E-state index is -3.94. The van der Waals surface area contributed by atoms with Gasteiger partial charge in [-0.2, -0.15) is 4.31 Å². The third kappa shape index (κ3) is 3.18. The van der Waals surface area contributed by atoms with E-state index in [1.807, 2.05) is 6.92 Å². The van der Waals surface area contributed by atoms with Gasteiger partial charge in [-0.1, -0.05) is 11.6 Å². The van der Waals surface area contributed by atoms with Gasteiger partial charge in [-0.3, -0.25) is 10.1 Å². The largest absolute Gasteiger partial charge is 0.311 e. The molecule has 1 fully saturated rings. The lowest BCUT2D eigenvalue weighted by molar-refractivity contribution is -0.387. The predicted molar refractivity (Wildman–Crippen MR) is 78.9 cm³/mol. The van der Waals surface area contributed by atoms with Crippen LogP contribution in [0.2, 0.25) is 5.02 Å². The molecule has 0 aliphatic carbocycles. The normalized spacial score (nSPS) is 24.0. The molecule has 116 valence electrons. The number of nitrogens with zero attached hydrogens (tertiary/aromatic N) is 2. The number of benzene rings is 1. The summed E-state index contributed by atoms with van der Waals surface area (Å²) >= 11 is 5.73. The Hall–Kier alpha value is -1.22. The van der Waals surface area contributed by atoms with Crippen LogP contribution in [-0.2, 0) is 10.0 Å². The van der Waals surface area contributed by atoms with Crippen molar-refractivity contribution in [2.24, 2.45) is 0 Å². The molecule has 9 heteroatoms. The average Bonchev–Trinajstić information content (AvgIpc) is 2.41. The molecule has 1 aliphatic rings. The maximum atomic E-state index is 12.7. The van der Waals surface area contributed by atoms with Crippen LogP contribution in [-0.4, -0.2) is 42.8 Å². The zero-order valence-electron chi connectivity index (χ0n) is 11.6. The van der Waals surface area contributed by atoms with Gasteiger partial charge >= 0.3 is 0 Å². The number of piperazine rings is 1. The Balaban J connectivity index is 2.51. The number of rotatable bonds is 3. The number of halogens is 1. The van der Waals surface area contributed by atoms with E-state index in [0.717, 1.165) is 6.07 Å². The van der Waals surface area contributed by atoms with Gasteiger partial charge in [0, 0.05) is 36.3 Å². The van der Waals surface area contributed by atoms with E-state index in [2.05, 4.69) is 5.32 Å². The predicted octanol–water partition coefficient (Wildman–Crippen LogP) is 1.62. The molecule has 0 aromatic heterocycles. The van der Waals surface area contributed by atoms with Gasteiger partial charge < -0.3 is 5.32 Å². The molecule has 21 heavy (non-hydrogen) atoms.